The molecule has 0 heterocycles. The number of hydrogen-bond donors (Lipinski definition) is 1. The second-order valence-corrected chi connectivity index (χ2v) is 8.47. The maximum atomic E-state index is 13.4. The Balaban J connectivity index is 2.12. The number of benzene rings is 2. The standard InChI is InChI=1S/C19H22ClFN2O4S/c1-4-27-16-8-5-14(6-9-16)13(2)22-19(24)12-23(28(3,25)26)15-7-10-18(21)17(20)11-15/h5-11,13H,4,12H2,1-3H3,(H,22,24). The first-order valence-corrected chi connectivity index (χ1v) is 10.8. The van der Waals surface area contributed by atoms with Crippen molar-refractivity contribution in [3.8, 4) is 5.75 Å². The lowest BCUT2D eigenvalue weighted by Crippen LogP contribution is -2.41. The van der Waals surface area contributed by atoms with Crippen LogP contribution in [0, 0.1) is 5.82 Å². The molecule has 0 radical (unpaired) electrons. The Kier molecular flexibility index (Phi) is 7.26. The van der Waals surface area contributed by atoms with Crippen molar-refractivity contribution in [2.24, 2.45) is 0 Å². The van der Waals surface area contributed by atoms with Crippen LogP contribution in [0.5, 0.6) is 5.75 Å². The van der Waals surface area contributed by atoms with E-state index in [9.17, 15) is 17.6 Å². The van der Waals surface area contributed by atoms with Crippen LogP contribution in [0.1, 0.15) is 25.5 Å². The predicted octanol–water partition coefficient (Wildman–Crippen LogP) is 3.52. The first-order valence-electron chi connectivity index (χ1n) is 8.56. The van der Waals surface area contributed by atoms with Crippen molar-refractivity contribution < 1.29 is 22.3 Å². The number of ether oxygens (including phenoxy) is 1. The van der Waals surface area contributed by atoms with Gasteiger partial charge in [0.25, 0.3) is 0 Å². The van der Waals surface area contributed by atoms with Crippen molar-refractivity contribution in [3.05, 3.63) is 58.9 Å². The number of carbonyl (C=O) groups is 1. The van der Waals surface area contributed by atoms with Crippen LogP contribution in [0.25, 0.3) is 0 Å². The zero-order valence-corrected chi connectivity index (χ0v) is 17.3. The highest BCUT2D eigenvalue weighted by molar-refractivity contribution is 7.92. The van der Waals surface area contributed by atoms with E-state index in [1.54, 1.807) is 19.1 Å². The first-order chi connectivity index (χ1) is 13.1. The Morgan fingerprint density at radius 1 is 1.25 bits per heavy atom. The van der Waals surface area contributed by atoms with Crippen LogP contribution in [-0.4, -0.2) is 33.7 Å². The van der Waals surface area contributed by atoms with Crippen LogP contribution >= 0.6 is 11.6 Å². The Morgan fingerprint density at radius 3 is 2.43 bits per heavy atom. The van der Waals surface area contributed by atoms with Gasteiger partial charge in [0.15, 0.2) is 0 Å². The fraction of sp³-hybridized carbons (Fsp3) is 0.316. The zero-order valence-electron chi connectivity index (χ0n) is 15.8. The van der Waals surface area contributed by atoms with Gasteiger partial charge in [-0.2, -0.15) is 0 Å². The topological polar surface area (TPSA) is 75.7 Å². The van der Waals surface area contributed by atoms with Crippen LogP contribution in [0.15, 0.2) is 42.5 Å². The fourth-order valence-corrected chi connectivity index (χ4v) is 3.58. The summed E-state index contributed by atoms with van der Waals surface area (Å²) >= 11 is 5.74. The lowest BCUT2D eigenvalue weighted by molar-refractivity contribution is -0.120. The molecule has 0 saturated heterocycles. The summed E-state index contributed by atoms with van der Waals surface area (Å²) in [5, 5.41) is 2.53. The zero-order chi connectivity index (χ0) is 20.9. The lowest BCUT2D eigenvalue weighted by atomic mass is 10.1. The van der Waals surface area contributed by atoms with E-state index in [2.05, 4.69) is 5.32 Å². The van der Waals surface area contributed by atoms with Gasteiger partial charge in [0.2, 0.25) is 15.9 Å². The summed E-state index contributed by atoms with van der Waals surface area (Å²) in [5.74, 6) is -0.457. The molecule has 2 aromatic carbocycles. The minimum Gasteiger partial charge on any atom is -0.494 e. The third kappa shape index (κ3) is 5.84. The highest BCUT2D eigenvalue weighted by atomic mass is 35.5. The molecule has 0 saturated carbocycles. The van der Waals surface area contributed by atoms with Gasteiger partial charge >= 0.3 is 0 Å². The lowest BCUT2D eigenvalue weighted by Gasteiger charge is -2.23. The average Bonchev–Trinajstić information content (AvgIpc) is 2.62. The van der Waals surface area contributed by atoms with Gasteiger partial charge in [0.1, 0.15) is 18.1 Å². The van der Waals surface area contributed by atoms with Crippen molar-refractivity contribution in [2.75, 3.05) is 23.7 Å². The second kappa shape index (κ2) is 9.25. The third-order valence-corrected chi connectivity index (χ3v) is 5.38. The average molecular weight is 429 g/mol. The van der Waals surface area contributed by atoms with Gasteiger partial charge in [-0.1, -0.05) is 23.7 Å². The monoisotopic (exact) mass is 428 g/mol. The molecule has 0 aliphatic heterocycles. The molecule has 2 rings (SSSR count). The van der Waals surface area contributed by atoms with E-state index in [1.165, 1.54) is 12.1 Å². The number of anilines is 1. The van der Waals surface area contributed by atoms with Gasteiger partial charge in [-0.05, 0) is 49.7 Å². The summed E-state index contributed by atoms with van der Waals surface area (Å²) < 4.78 is 43.9. The number of amides is 1. The number of nitrogens with zero attached hydrogens (tertiary/aromatic N) is 1. The highest BCUT2D eigenvalue weighted by Crippen LogP contribution is 2.24. The number of halogens is 2. The smallest absolute Gasteiger partial charge is 0.241 e. The highest BCUT2D eigenvalue weighted by Gasteiger charge is 2.22. The second-order valence-electron chi connectivity index (χ2n) is 6.16. The van der Waals surface area contributed by atoms with E-state index in [0.29, 0.717) is 6.61 Å². The van der Waals surface area contributed by atoms with E-state index in [-0.39, 0.29) is 16.8 Å². The summed E-state index contributed by atoms with van der Waals surface area (Å²) in [6.45, 7) is 3.77. The van der Waals surface area contributed by atoms with Crippen molar-refractivity contribution in [2.45, 2.75) is 19.9 Å². The summed E-state index contributed by atoms with van der Waals surface area (Å²) in [6, 6.07) is 10.4. The molecule has 152 valence electrons. The molecule has 0 aromatic heterocycles. The molecule has 1 unspecified atom stereocenters. The Morgan fingerprint density at radius 2 is 1.89 bits per heavy atom. The molecule has 0 aliphatic rings. The third-order valence-electron chi connectivity index (χ3n) is 3.95. The van der Waals surface area contributed by atoms with E-state index < -0.39 is 28.3 Å². The number of nitrogens with one attached hydrogen (secondary N) is 1. The van der Waals surface area contributed by atoms with Crippen molar-refractivity contribution >= 4 is 33.2 Å². The van der Waals surface area contributed by atoms with Gasteiger partial charge in [-0.15, -0.1) is 0 Å². The maximum absolute atomic E-state index is 13.4. The van der Waals surface area contributed by atoms with Crippen molar-refractivity contribution in [1.29, 1.82) is 0 Å². The molecule has 0 aliphatic carbocycles. The molecule has 1 N–H and O–H groups in total. The molecule has 2 aromatic rings. The molecular formula is C19H22ClFN2O4S. The minimum atomic E-state index is -3.78. The van der Waals surface area contributed by atoms with Gasteiger partial charge in [0.05, 0.1) is 29.6 Å². The maximum Gasteiger partial charge on any atom is 0.241 e. The predicted molar refractivity (Wildman–Crippen MR) is 108 cm³/mol. The molecular weight excluding hydrogens is 407 g/mol. The van der Waals surface area contributed by atoms with Gasteiger partial charge in [-0.25, -0.2) is 12.8 Å². The van der Waals surface area contributed by atoms with Gasteiger partial charge < -0.3 is 10.1 Å². The quantitative estimate of drug-likeness (QED) is 0.698. The number of hydrogen-bond acceptors (Lipinski definition) is 4. The van der Waals surface area contributed by atoms with Crippen LogP contribution in [0.3, 0.4) is 0 Å². The van der Waals surface area contributed by atoms with Crippen LogP contribution in [-0.2, 0) is 14.8 Å². The molecule has 0 fully saturated rings. The first kappa shape index (κ1) is 22.0. The molecule has 1 amide bonds. The van der Waals surface area contributed by atoms with Crippen LogP contribution in [0.4, 0.5) is 10.1 Å². The Hall–Kier alpha value is -2.32. The number of sulfonamides is 1. The van der Waals surface area contributed by atoms with Crippen LogP contribution in [0.2, 0.25) is 5.02 Å². The number of carbonyl (C=O) groups excluding carboxylic acids is 1. The van der Waals surface area contributed by atoms with Crippen molar-refractivity contribution in [3.63, 3.8) is 0 Å². The molecule has 0 bridgehead atoms. The summed E-state index contributed by atoms with van der Waals surface area (Å²) in [7, 11) is -3.78. The normalized spacial score (nSPS) is 12.3. The minimum absolute atomic E-state index is 0.109. The van der Waals surface area contributed by atoms with Crippen molar-refractivity contribution in [1.82, 2.24) is 5.32 Å². The van der Waals surface area contributed by atoms with Gasteiger partial charge in [-0.3, -0.25) is 9.10 Å². The molecule has 9 heteroatoms. The van der Waals surface area contributed by atoms with Gasteiger partial charge in [0, 0.05) is 0 Å². The Labute approximate surface area is 169 Å². The fourth-order valence-electron chi connectivity index (χ4n) is 2.56. The summed E-state index contributed by atoms with van der Waals surface area (Å²) in [5.41, 5.74) is 0.949. The van der Waals surface area contributed by atoms with Crippen LogP contribution < -0.4 is 14.4 Å². The Bertz CT molecular complexity index is 935. The molecule has 28 heavy (non-hydrogen) atoms. The van der Waals surface area contributed by atoms with E-state index in [4.69, 9.17) is 16.3 Å². The summed E-state index contributed by atoms with van der Waals surface area (Å²) in [4.78, 5) is 12.4. The van der Waals surface area contributed by atoms with E-state index >= 15 is 0 Å². The molecule has 6 nitrogen and oxygen atoms in total. The molecule has 1 atom stereocenters. The SMILES string of the molecule is CCOc1ccc(C(C)NC(=O)CN(c2ccc(F)c(Cl)c2)S(C)(=O)=O)cc1. The number of rotatable bonds is 8. The molecule has 0 spiro atoms. The van der Waals surface area contributed by atoms with E-state index in [1.807, 2.05) is 19.1 Å². The largest absolute Gasteiger partial charge is 0.494 e. The summed E-state index contributed by atoms with van der Waals surface area (Å²) in [6.07, 6.45) is 0.966. The van der Waals surface area contributed by atoms with E-state index in [0.717, 1.165) is 27.9 Å².